The zero-order valence-electron chi connectivity index (χ0n) is 14.2. The fourth-order valence-corrected chi connectivity index (χ4v) is 3.54. The minimum absolute atomic E-state index is 0.181. The Balaban J connectivity index is 1.70. The lowest BCUT2D eigenvalue weighted by Gasteiger charge is -2.17. The number of ketones is 1. The number of imide groups is 1. The fourth-order valence-electron chi connectivity index (χ4n) is 3.54. The second-order valence-electron chi connectivity index (χ2n) is 6.43. The van der Waals surface area contributed by atoms with Gasteiger partial charge in [-0.05, 0) is 12.5 Å². The molecule has 130 valence electrons. The second-order valence-corrected chi connectivity index (χ2v) is 6.43. The van der Waals surface area contributed by atoms with Crippen LogP contribution in [0, 0.1) is 5.92 Å². The van der Waals surface area contributed by atoms with Crippen LogP contribution in [0.3, 0.4) is 0 Å². The smallest absolute Gasteiger partial charge is 0.271 e. The third-order valence-corrected chi connectivity index (χ3v) is 4.74. The van der Waals surface area contributed by atoms with E-state index in [2.05, 4.69) is 0 Å². The Morgan fingerprint density at radius 2 is 1.58 bits per heavy atom. The number of likely N-dealkylation sites (tertiary alicyclic amines) is 1. The number of Topliss-reactive ketones (excluding diaryl/α,β-unsaturated/α-hetero) is 1. The van der Waals surface area contributed by atoms with Gasteiger partial charge >= 0.3 is 0 Å². The number of carbonyl (C=O) groups excluding carboxylic acids is 3. The molecule has 2 aromatic carbocycles. The molecule has 5 nitrogen and oxygen atoms in total. The molecule has 2 atom stereocenters. The van der Waals surface area contributed by atoms with Crippen LogP contribution >= 0.6 is 0 Å². The summed E-state index contributed by atoms with van der Waals surface area (Å²) in [5, 5.41) is 0. The maximum Gasteiger partial charge on any atom is 0.271 e. The van der Waals surface area contributed by atoms with Gasteiger partial charge < -0.3 is 4.74 Å². The molecule has 0 spiro atoms. The molecule has 2 aliphatic rings. The van der Waals surface area contributed by atoms with Crippen LogP contribution < -0.4 is 0 Å². The normalized spacial score (nSPS) is 21.8. The standard InChI is InChI=1S/C21H17NO4/c1-13(23)16-17-19(26-18(16)15-10-6-3-7-11-15)21(25)22(20(17)24)12-14-8-4-2-5-9-14/h2-11,17,19H,12H2,1H3/t17-,19+/m1/s1. The SMILES string of the molecule is CC(=O)C1=C(c2ccccc2)O[C@@H]2C(=O)N(Cc3ccccc3)C(=O)[C@H]12. The molecular weight excluding hydrogens is 330 g/mol. The maximum atomic E-state index is 12.9. The number of benzene rings is 2. The highest BCUT2D eigenvalue weighted by Gasteiger charge is 2.56. The first-order valence-electron chi connectivity index (χ1n) is 8.44. The average Bonchev–Trinajstić information content (AvgIpc) is 3.16. The predicted molar refractivity (Wildman–Crippen MR) is 94.4 cm³/mol. The molecule has 4 rings (SSSR count). The van der Waals surface area contributed by atoms with Crippen molar-refractivity contribution >= 4 is 23.4 Å². The van der Waals surface area contributed by atoms with Crippen molar-refractivity contribution in [3.8, 4) is 0 Å². The van der Waals surface area contributed by atoms with Gasteiger partial charge in [-0.3, -0.25) is 19.3 Å². The Morgan fingerprint density at radius 3 is 2.19 bits per heavy atom. The lowest BCUT2D eigenvalue weighted by Crippen LogP contribution is -2.32. The van der Waals surface area contributed by atoms with Gasteiger partial charge in [-0.1, -0.05) is 60.7 Å². The number of carbonyl (C=O) groups is 3. The number of fused-ring (bicyclic) bond motifs is 1. The first-order chi connectivity index (χ1) is 12.6. The largest absolute Gasteiger partial charge is 0.478 e. The third kappa shape index (κ3) is 2.52. The molecule has 0 radical (unpaired) electrons. The monoisotopic (exact) mass is 347 g/mol. The number of nitrogens with zero attached hydrogens (tertiary/aromatic N) is 1. The lowest BCUT2D eigenvalue weighted by atomic mass is 9.92. The van der Waals surface area contributed by atoms with E-state index in [4.69, 9.17) is 4.74 Å². The number of amides is 2. The Bertz CT molecular complexity index is 918. The van der Waals surface area contributed by atoms with Crippen LogP contribution in [0.25, 0.3) is 5.76 Å². The van der Waals surface area contributed by atoms with Crippen LogP contribution in [0.5, 0.6) is 0 Å². The van der Waals surface area contributed by atoms with E-state index in [9.17, 15) is 14.4 Å². The van der Waals surface area contributed by atoms with E-state index in [0.717, 1.165) is 5.56 Å². The Hall–Kier alpha value is -3.21. The summed E-state index contributed by atoms with van der Waals surface area (Å²) in [6, 6.07) is 18.4. The molecule has 2 amide bonds. The van der Waals surface area contributed by atoms with E-state index in [1.54, 1.807) is 12.1 Å². The van der Waals surface area contributed by atoms with Crippen molar-refractivity contribution in [2.45, 2.75) is 19.6 Å². The molecule has 1 saturated heterocycles. The maximum absolute atomic E-state index is 12.9. The molecule has 2 heterocycles. The van der Waals surface area contributed by atoms with Crippen molar-refractivity contribution in [2.75, 3.05) is 0 Å². The number of hydrogen-bond donors (Lipinski definition) is 0. The summed E-state index contributed by atoms with van der Waals surface area (Å²) in [6.45, 7) is 1.59. The number of ether oxygens (including phenoxy) is 1. The zero-order chi connectivity index (χ0) is 18.3. The number of rotatable bonds is 4. The summed E-state index contributed by atoms with van der Waals surface area (Å²) in [5.74, 6) is -1.54. The van der Waals surface area contributed by atoms with Crippen LogP contribution in [0.2, 0.25) is 0 Å². The van der Waals surface area contributed by atoms with Gasteiger partial charge in [0.15, 0.2) is 11.9 Å². The molecule has 0 bridgehead atoms. The molecule has 0 N–H and O–H groups in total. The van der Waals surface area contributed by atoms with Gasteiger partial charge in [0, 0.05) is 5.56 Å². The second kappa shape index (κ2) is 6.26. The predicted octanol–water partition coefficient (Wildman–Crippen LogP) is 2.57. The van der Waals surface area contributed by atoms with Crippen LogP contribution in [-0.4, -0.2) is 28.6 Å². The van der Waals surface area contributed by atoms with E-state index >= 15 is 0 Å². The highest BCUT2D eigenvalue weighted by molar-refractivity contribution is 6.16. The summed E-state index contributed by atoms with van der Waals surface area (Å²) in [4.78, 5) is 39.2. The molecule has 0 saturated carbocycles. The summed E-state index contributed by atoms with van der Waals surface area (Å²) < 4.78 is 5.84. The highest BCUT2D eigenvalue weighted by Crippen LogP contribution is 2.43. The third-order valence-electron chi connectivity index (χ3n) is 4.74. The molecule has 0 aliphatic carbocycles. The molecule has 0 aromatic heterocycles. The van der Waals surface area contributed by atoms with Crippen molar-refractivity contribution in [1.29, 1.82) is 0 Å². The first-order valence-corrected chi connectivity index (χ1v) is 8.44. The van der Waals surface area contributed by atoms with E-state index in [0.29, 0.717) is 11.3 Å². The summed E-state index contributed by atoms with van der Waals surface area (Å²) in [7, 11) is 0. The van der Waals surface area contributed by atoms with Crippen molar-refractivity contribution in [2.24, 2.45) is 5.92 Å². The van der Waals surface area contributed by atoms with E-state index < -0.39 is 17.9 Å². The number of hydrogen-bond acceptors (Lipinski definition) is 4. The molecule has 5 heteroatoms. The Morgan fingerprint density at radius 1 is 0.962 bits per heavy atom. The van der Waals surface area contributed by atoms with Gasteiger partial charge in [0.05, 0.1) is 12.1 Å². The topological polar surface area (TPSA) is 63.7 Å². The first kappa shape index (κ1) is 16.3. The highest BCUT2D eigenvalue weighted by atomic mass is 16.5. The van der Waals surface area contributed by atoms with Gasteiger partial charge in [0.1, 0.15) is 11.7 Å². The van der Waals surface area contributed by atoms with Gasteiger partial charge in [0.2, 0.25) is 5.91 Å². The van der Waals surface area contributed by atoms with E-state index in [1.807, 2.05) is 48.5 Å². The van der Waals surface area contributed by atoms with Crippen molar-refractivity contribution in [3.05, 3.63) is 77.4 Å². The van der Waals surface area contributed by atoms with Crippen LogP contribution in [-0.2, 0) is 25.7 Å². The molecular formula is C21H17NO4. The average molecular weight is 347 g/mol. The molecule has 26 heavy (non-hydrogen) atoms. The molecule has 2 aliphatic heterocycles. The van der Waals surface area contributed by atoms with Crippen molar-refractivity contribution in [3.63, 3.8) is 0 Å². The summed E-state index contributed by atoms with van der Waals surface area (Å²) in [5.41, 5.74) is 1.84. The minimum atomic E-state index is -0.958. The quantitative estimate of drug-likeness (QED) is 0.798. The summed E-state index contributed by atoms with van der Waals surface area (Å²) in [6.07, 6.45) is -0.958. The van der Waals surface area contributed by atoms with Crippen LogP contribution in [0.15, 0.2) is 66.2 Å². The zero-order valence-corrected chi connectivity index (χ0v) is 14.2. The van der Waals surface area contributed by atoms with E-state index in [-0.39, 0.29) is 23.8 Å². The van der Waals surface area contributed by atoms with Crippen molar-refractivity contribution < 1.29 is 19.1 Å². The molecule has 0 unspecified atom stereocenters. The minimum Gasteiger partial charge on any atom is -0.478 e. The Labute approximate surface area is 150 Å². The molecule has 2 aromatic rings. The molecule has 1 fully saturated rings. The van der Waals surface area contributed by atoms with Crippen LogP contribution in [0.1, 0.15) is 18.1 Å². The van der Waals surface area contributed by atoms with Gasteiger partial charge in [-0.25, -0.2) is 0 Å². The Kier molecular flexibility index (Phi) is 3.92. The van der Waals surface area contributed by atoms with Crippen molar-refractivity contribution in [1.82, 2.24) is 4.90 Å². The van der Waals surface area contributed by atoms with Gasteiger partial charge in [-0.15, -0.1) is 0 Å². The fraction of sp³-hybridized carbons (Fsp3) is 0.190. The van der Waals surface area contributed by atoms with Crippen LogP contribution in [0.4, 0.5) is 0 Å². The van der Waals surface area contributed by atoms with Gasteiger partial charge in [0.25, 0.3) is 5.91 Å². The van der Waals surface area contributed by atoms with E-state index in [1.165, 1.54) is 11.8 Å². The van der Waals surface area contributed by atoms with Gasteiger partial charge in [-0.2, -0.15) is 0 Å². The lowest BCUT2D eigenvalue weighted by molar-refractivity contribution is -0.141. The summed E-state index contributed by atoms with van der Waals surface area (Å²) >= 11 is 0.